The minimum absolute atomic E-state index is 0.109. The summed E-state index contributed by atoms with van der Waals surface area (Å²) in [6.45, 7) is 4.40. The van der Waals surface area contributed by atoms with Gasteiger partial charge >= 0.3 is 0 Å². The van der Waals surface area contributed by atoms with Gasteiger partial charge in [0.25, 0.3) is 6.43 Å². The van der Waals surface area contributed by atoms with E-state index < -0.39 is 17.8 Å². The Morgan fingerprint density at radius 2 is 2.05 bits per heavy atom. The van der Waals surface area contributed by atoms with Crippen molar-refractivity contribution in [3.05, 3.63) is 29.1 Å². The molecule has 1 heterocycles. The molecular weight excluding hydrogens is 293 g/mol. The standard InChI is InChI=1S/C17H23F3O2/c1-3-5-12-7-6-11(10-22-12)13-8-9-14(21-4-2)16(18)15(13)17(19)20/h8-9,11-12,17H,3-7,10H2,1-2H3. The lowest BCUT2D eigenvalue weighted by molar-refractivity contribution is -0.00193. The maximum Gasteiger partial charge on any atom is 0.267 e. The van der Waals surface area contributed by atoms with E-state index in [2.05, 4.69) is 6.92 Å². The number of rotatable bonds is 6. The van der Waals surface area contributed by atoms with Gasteiger partial charge in [0.05, 0.1) is 24.9 Å². The van der Waals surface area contributed by atoms with Crippen LogP contribution in [0.25, 0.3) is 0 Å². The Labute approximate surface area is 129 Å². The van der Waals surface area contributed by atoms with E-state index in [-0.39, 0.29) is 24.4 Å². The first-order valence-electron chi connectivity index (χ1n) is 7.93. The summed E-state index contributed by atoms with van der Waals surface area (Å²) in [6, 6.07) is 3.00. The molecule has 124 valence electrons. The van der Waals surface area contributed by atoms with E-state index in [1.54, 1.807) is 13.0 Å². The minimum Gasteiger partial charge on any atom is -0.491 e. The van der Waals surface area contributed by atoms with Gasteiger partial charge in [0.15, 0.2) is 11.6 Å². The van der Waals surface area contributed by atoms with Gasteiger partial charge in [0, 0.05) is 5.92 Å². The van der Waals surface area contributed by atoms with Gasteiger partial charge in [-0.2, -0.15) is 0 Å². The van der Waals surface area contributed by atoms with Crippen LogP contribution in [0.15, 0.2) is 12.1 Å². The lowest BCUT2D eigenvalue weighted by Gasteiger charge is -2.30. The first kappa shape index (κ1) is 17.1. The summed E-state index contributed by atoms with van der Waals surface area (Å²) in [7, 11) is 0. The Morgan fingerprint density at radius 3 is 2.59 bits per heavy atom. The van der Waals surface area contributed by atoms with E-state index in [0.717, 1.165) is 25.7 Å². The van der Waals surface area contributed by atoms with Crippen molar-refractivity contribution in [3.63, 3.8) is 0 Å². The summed E-state index contributed by atoms with van der Waals surface area (Å²) in [6.07, 6.45) is 0.933. The second kappa shape index (κ2) is 7.86. The monoisotopic (exact) mass is 316 g/mol. The molecule has 2 nitrogen and oxygen atoms in total. The second-order valence-corrected chi connectivity index (χ2v) is 5.63. The molecular formula is C17H23F3O2. The molecule has 2 atom stereocenters. The Hall–Kier alpha value is -1.23. The molecule has 2 rings (SSSR count). The molecule has 0 aromatic heterocycles. The first-order chi connectivity index (χ1) is 10.6. The van der Waals surface area contributed by atoms with Crippen LogP contribution in [0.2, 0.25) is 0 Å². The molecule has 22 heavy (non-hydrogen) atoms. The molecule has 0 bridgehead atoms. The lowest BCUT2D eigenvalue weighted by Crippen LogP contribution is -2.25. The fourth-order valence-corrected chi connectivity index (χ4v) is 3.03. The van der Waals surface area contributed by atoms with Gasteiger partial charge in [-0.25, -0.2) is 13.2 Å². The number of ether oxygens (including phenoxy) is 2. The van der Waals surface area contributed by atoms with Crippen LogP contribution in [0.4, 0.5) is 13.2 Å². The van der Waals surface area contributed by atoms with Crippen molar-refractivity contribution in [2.24, 2.45) is 0 Å². The fourth-order valence-electron chi connectivity index (χ4n) is 3.03. The predicted octanol–water partition coefficient (Wildman–Crippen LogP) is 5.22. The van der Waals surface area contributed by atoms with Crippen LogP contribution in [-0.2, 0) is 4.74 Å². The van der Waals surface area contributed by atoms with Gasteiger partial charge in [-0.05, 0) is 37.8 Å². The molecule has 0 radical (unpaired) electrons. The number of halogens is 3. The molecule has 1 aliphatic heterocycles. The molecule has 0 amide bonds. The highest BCUT2D eigenvalue weighted by Gasteiger charge is 2.29. The molecule has 1 aromatic rings. The van der Waals surface area contributed by atoms with Crippen molar-refractivity contribution in [1.82, 2.24) is 0 Å². The number of alkyl halides is 2. The number of hydrogen-bond donors (Lipinski definition) is 0. The highest BCUT2D eigenvalue weighted by Crippen LogP contribution is 2.39. The molecule has 0 N–H and O–H groups in total. The van der Waals surface area contributed by atoms with Crippen molar-refractivity contribution >= 4 is 0 Å². The van der Waals surface area contributed by atoms with Crippen molar-refractivity contribution in [2.75, 3.05) is 13.2 Å². The maximum atomic E-state index is 14.3. The van der Waals surface area contributed by atoms with E-state index in [1.807, 2.05) is 0 Å². The molecule has 1 aromatic carbocycles. The third-order valence-electron chi connectivity index (χ3n) is 4.12. The smallest absolute Gasteiger partial charge is 0.267 e. The average Bonchev–Trinajstić information content (AvgIpc) is 2.50. The number of benzene rings is 1. The molecule has 0 spiro atoms. The Kier molecular flexibility index (Phi) is 6.12. The van der Waals surface area contributed by atoms with E-state index in [4.69, 9.17) is 9.47 Å². The normalized spacial score (nSPS) is 22.1. The highest BCUT2D eigenvalue weighted by atomic mass is 19.3. The van der Waals surface area contributed by atoms with Gasteiger partial charge in [-0.15, -0.1) is 0 Å². The molecule has 1 fully saturated rings. The summed E-state index contributed by atoms with van der Waals surface area (Å²) >= 11 is 0. The van der Waals surface area contributed by atoms with Crippen molar-refractivity contribution in [3.8, 4) is 5.75 Å². The summed E-state index contributed by atoms with van der Waals surface area (Å²) in [5.41, 5.74) is -0.181. The molecule has 0 aliphatic carbocycles. The van der Waals surface area contributed by atoms with Gasteiger partial charge in [0.1, 0.15) is 0 Å². The SMILES string of the molecule is CCCC1CCC(c2ccc(OCC)c(F)c2C(F)F)CO1. The van der Waals surface area contributed by atoms with Crippen LogP contribution in [0.3, 0.4) is 0 Å². The highest BCUT2D eigenvalue weighted by molar-refractivity contribution is 5.40. The molecule has 0 saturated carbocycles. The fraction of sp³-hybridized carbons (Fsp3) is 0.647. The first-order valence-corrected chi connectivity index (χ1v) is 7.93. The van der Waals surface area contributed by atoms with Crippen molar-refractivity contribution < 1.29 is 22.6 Å². The minimum atomic E-state index is -2.86. The zero-order valence-corrected chi connectivity index (χ0v) is 13.1. The van der Waals surface area contributed by atoms with Gasteiger partial charge in [-0.1, -0.05) is 19.4 Å². The van der Waals surface area contributed by atoms with Gasteiger partial charge < -0.3 is 9.47 Å². The summed E-state index contributed by atoms with van der Waals surface area (Å²) < 4.78 is 51.7. The average molecular weight is 316 g/mol. The van der Waals surface area contributed by atoms with Crippen LogP contribution >= 0.6 is 0 Å². The van der Waals surface area contributed by atoms with Crippen LogP contribution < -0.4 is 4.74 Å². The van der Waals surface area contributed by atoms with Crippen LogP contribution in [-0.4, -0.2) is 19.3 Å². The summed E-state index contributed by atoms with van der Waals surface area (Å²) in [5, 5.41) is 0. The van der Waals surface area contributed by atoms with Crippen LogP contribution in [0.1, 0.15) is 63.0 Å². The Morgan fingerprint density at radius 1 is 1.27 bits per heavy atom. The largest absolute Gasteiger partial charge is 0.491 e. The molecule has 5 heteroatoms. The molecule has 2 unspecified atom stereocenters. The van der Waals surface area contributed by atoms with E-state index >= 15 is 0 Å². The molecule has 1 aliphatic rings. The topological polar surface area (TPSA) is 18.5 Å². The Bertz CT molecular complexity index is 483. The van der Waals surface area contributed by atoms with Crippen LogP contribution in [0.5, 0.6) is 5.75 Å². The zero-order chi connectivity index (χ0) is 16.1. The number of hydrogen-bond acceptors (Lipinski definition) is 2. The third kappa shape index (κ3) is 3.75. The van der Waals surface area contributed by atoms with Crippen LogP contribution in [0, 0.1) is 5.82 Å². The lowest BCUT2D eigenvalue weighted by atomic mass is 9.87. The van der Waals surface area contributed by atoms with E-state index in [0.29, 0.717) is 12.2 Å². The van der Waals surface area contributed by atoms with Crippen molar-refractivity contribution in [1.29, 1.82) is 0 Å². The van der Waals surface area contributed by atoms with Gasteiger partial charge in [0.2, 0.25) is 0 Å². The van der Waals surface area contributed by atoms with E-state index in [1.165, 1.54) is 6.07 Å². The predicted molar refractivity (Wildman–Crippen MR) is 79.1 cm³/mol. The molecule has 1 saturated heterocycles. The summed E-state index contributed by atoms with van der Waals surface area (Å²) in [4.78, 5) is 0. The maximum absolute atomic E-state index is 14.3. The Balaban J connectivity index is 2.22. The zero-order valence-electron chi connectivity index (χ0n) is 13.1. The second-order valence-electron chi connectivity index (χ2n) is 5.63. The van der Waals surface area contributed by atoms with E-state index in [9.17, 15) is 13.2 Å². The van der Waals surface area contributed by atoms with Crippen molar-refractivity contribution in [2.45, 2.75) is 58.0 Å². The van der Waals surface area contributed by atoms with Gasteiger partial charge in [-0.3, -0.25) is 0 Å². The third-order valence-corrected chi connectivity index (χ3v) is 4.12. The quantitative estimate of drug-likeness (QED) is 0.716. The summed E-state index contributed by atoms with van der Waals surface area (Å²) in [5.74, 6) is -1.23.